The van der Waals surface area contributed by atoms with Crippen LogP contribution in [0.1, 0.15) is 32.2 Å². The van der Waals surface area contributed by atoms with Crippen molar-refractivity contribution in [1.29, 1.82) is 0 Å². The first-order valence-corrected chi connectivity index (χ1v) is 6.88. The zero-order valence-electron chi connectivity index (χ0n) is 12.2. The summed E-state index contributed by atoms with van der Waals surface area (Å²) in [7, 11) is 0. The van der Waals surface area contributed by atoms with E-state index < -0.39 is 0 Å². The highest BCUT2D eigenvalue weighted by Crippen LogP contribution is 2.15. The van der Waals surface area contributed by atoms with E-state index in [1.807, 2.05) is 17.1 Å². The molecular weight excluding hydrogens is 238 g/mol. The van der Waals surface area contributed by atoms with Gasteiger partial charge in [-0.15, -0.1) is 0 Å². The summed E-state index contributed by atoms with van der Waals surface area (Å²) in [5.41, 5.74) is 3.48. The van der Waals surface area contributed by atoms with Crippen LogP contribution in [0.25, 0.3) is 0 Å². The van der Waals surface area contributed by atoms with E-state index in [1.54, 1.807) is 0 Å². The molecule has 0 aliphatic rings. The molecule has 0 bridgehead atoms. The lowest BCUT2D eigenvalue weighted by Crippen LogP contribution is -2.12. The SMILES string of the molecule is CCn1ncc(NCc2ccnn2CC(C)C)c1C. The van der Waals surface area contributed by atoms with Crippen molar-refractivity contribution in [3.8, 4) is 0 Å². The maximum atomic E-state index is 4.37. The van der Waals surface area contributed by atoms with Gasteiger partial charge in [0.05, 0.1) is 29.8 Å². The molecule has 0 unspecified atom stereocenters. The third-order valence-electron chi connectivity index (χ3n) is 3.21. The molecule has 0 aliphatic carbocycles. The van der Waals surface area contributed by atoms with Crippen molar-refractivity contribution in [2.24, 2.45) is 5.92 Å². The number of aromatic nitrogens is 4. The lowest BCUT2D eigenvalue weighted by Gasteiger charge is -2.11. The maximum absolute atomic E-state index is 4.37. The highest BCUT2D eigenvalue weighted by molar-refractivity contribution is 5.45. The van der Waals surface area contributed by atoms with Crippen LogP contribution < -0.4 is 5.32 Å². The Kier molecular flexibility index (Phi) is 4.24. The Hall–Kier alpha value is -1.78. The molecule has 0 atom stereocenters. The number of anilines is 1. The van der Waals surface area contributed by atoms with Crippen LogP contribution in [0, 0.1) is 12.8 Å². The molecule has 19 heavy (non-hydrogen) atoms. The second kappa shape index (κ2) is 5.91. The minimum Gasteiger partial charge on any atom is -0.377 e. The Labute approximate surface area is 114 Å². The van der Waals surface area contributed by atoms with Gasteiger partial charge in [0.2, 0.25) is 0 Å². The Bertz CT molecular complexity index is 524. The molecule has 2 aromatic rings. The molecule has 0 radical (unpaired) electrons. The van der Waals surface area contributed by atoms with Crippen molar-refractivity contribution in [3.05, 3.63) is 29.8 Å². The molecule has 0 aliphatic heterocycles. The summed E-state index contributed by atoms with van der Waals surface area (Å²) < 4.78 is 4.06. The van der Waals surface area contributed by atoms with Crippen molar-refractivity contribution >= 4 is 5.69 Å². The zero-order chi connectivity index (χ0) is 13.8. The fourth-order valence-corrected chi connectivity index (χ4v) is 2.15. The van der Waals surface area contributed by atoms with Crippen LogP contribution in [0.2, 0.25) is 0 Å². The second-order valence-corrected chi connectivity index (χ2v) is 5.21. The minimum atomic E-state index is 0.600. The number of aryl methyl sites for hydroxylation is 1. The number of rotatable bonds is 6. The largest absolute Gasteiger partial charge is 0.377 e. The van der Waals surface area contributed by atoms with Gasteiger partial charge in [0.1, 0.15) is 0 Å². The lowest BCUT2D eigenvalue weighted by atomic mass is 10.2. The van der Waals surface area contributed by atoms with E-state index in [0.29, 0.717) is 5.92 Å². The van der Waals surface area contributed by atoms with Crippen LogP contribution in [0.3, 0.4) is 0 Å². The van der Waals surface area contributed by atoms with Gasteiger partial charge in [0, 0.05) is 19.3 Å². The molecule has 1 N–H and O–H groups in total. The number of hydrogen-bond acceptors (Lipinski definition) is 3. The van der Waals surface area contributed by atoms with E-state index >= 15 is 0 Å². The van der Waals surface area contributed by atoms with Gasteiger partial charge >= 0.3 is 0 Å². The number of nitrogens with one attached hydrogen (secondary N) is 1. The van der Waals surface area contributed by atoms with Crippen molar-refractivity contribution in [2.75, 3.05) is 5.32 Å². The topological polar surface area (TPSA) is 47.7 Å². The van der Waals surface area contributed by atoms with Crippen LogP contribution in [0.15, 0.2) is 18.5 Å². The van der Waals surface area contributed by atoms with E-state index in [0.717, 1.165) is 25.3 Å². The molecule has 5 nitrogen and oxygen atoms in total. The number of hydrogen-bond donors (Lipinski definition) is 1. The normalized spacial score (nSPS) is 11.2. The number of nitrogens with zero attached hydrogens (tertiary/aromatic N) is 4. The predicted octanol–water partition coefficient (Wildman–Crippen LogP) is 2.68. The molecule has 104 valence electrons. The molecule has 0 saturated carbocycles. The van der Waals surface area contributed by atoms with E-state index in [1.165, 1.54) is 11.4 Å². The highest BCUT2D eigenvalue weighted by Gasteiger charge is 2.07. The van der Waals surface area contributed by atoms with E-state index in [-0.39, 0.29) is 0 Å². The van der Waals surface area contributed by atoms with Gasteiger partial charge in [-0.1, -0.05) is 13.8 Å². The third-order valence-corrected chi connectivity index (χ3v) is 3.21. The standard InChI is InChI=1S/C14H23N5/c1-5-18-12(4)14(9-17-18)15-8-13-6-7-16-19(13)10-11(2)3/h6-7,9,11,15H,5,8,10H2,1-4H3. The summed E-state index contributed by atoms with van der Waals surface area (Å²) in [6.45, 7) is 11.2. The third kappa shape index (κ3) is 3.16. The molecule has 0 saturated heterocycles. The van der Waals surface area contributed by atoms with E-state index in [2.05, 4.69) is 54.0 Å². The van der Waals surface area contributed by atoms with Gasteiger partial charge in [-0.25, -0.2) is 0 Å². The molecule has 2 aromatic heterocycles. The van der Waals surface area contributed by atoms with Gasteiger partial charge in [-0.05, 0) is 25.8 Å². The smallest absolute Gasteiger partial charge is 0.0759 e. The summed E-state index contributed by atoms with van der Waals surface area (Å²) in [5, 5.41) is 12.1. The molecule has 2 heterocycles. The van der Waals surface area contributed by atoms with Crippen molar-refractivity contribution < 1.29 is 0 Å². The highest BCUT2D eigenvalue weighted by atomic mass is 15.3. The molecule has 0 fully saturated rings. The van der Waals surface area contributed by atoms with Gasteiger partial charge < -0.3 is 5.32 Å². The fraction of sp³-hybridized carbons (Fsp3) is 0.571. The summed E-state index contributed by atoms with van der Waals surface area (Å²) in [5.74, 6) is 0.600. The summed E-state index contributed by atoms with van der Waals surface area (Å²) in [4.78, 5) is 0. The monoisotopic (exact) mass is 261 g/mol. The molecule has 0 spiro atoms. The van der Waals surface area contributed by atoms with Crippen LogP contribution in [0.4, 0.5) is 5.69 Å². The van der Waals surface area contributed by atoms with Gasteiger partial charge in [0.25, 0.3) is 0 Å². The van der Waals surface area contributed by atoms with Gasteiger partial charge in [0.15, 0.2) is 0 Å². The minimum absolute atomic E-state index is 0.600. The Morgan fingerprint density at radius 1 is 1.26 bits per heavy atom. The van der Waals surface area contributed by atoms with E-state index in [4.69, 9.17) is 0 Å². The average Bonchev–Trinajstić information content (AvgIpc) is 2.93. The first kappa shape index (κ1) is 13.6. The van der Waals surface area contributed by atoms with Crippen LogP contribution in [0.5, 0.6) is 0 Å². The van der Waals surface area contributed by atoms with Crippen LogP contribution >= 0.6 is 0 Å². The molecule has 0 aromatic carbocycles. The van der Waals surface area contributed by atoms with Crippen molar-refractivity contribution in [2.45, 2.75) is 47.3 Å². The Morgan fingerprint density at radius 3 is 2.68 bits per heavy atom. The Balaban J connectivity index is 2.02. The summed E-state index contributed by atoms with van der Waals surface area (Å²) in [6.07, 6.45) is 3.75. The van der Waals surface area contributed by atoms with Crippen molar-refractivity contribution in [1.82, 2.24) is 19.6 Å². The van der Waals surface area contributed by atoms with Gasteiger partial charge in [-0.3, -0.25) is 9.36 Å². The van der Waals surface area contributed by atoms with Crippen LogP contribution in [-0.2, 0) is 19.6 Å². The quantitative estimate of drug-likeness (QED) is 0.869. The summed E-state index contributed by atoms with van der Waals surface area (Å²) >= 11 is 0. The van der Waals surface area contributed by atoms with Crippen molar-refractivity contribution in [3.63, 3.8) is 0 Å². The Morgan fingerprint density at radius 2 is 2.05 bits per heavy atom. The molecule has 0 amide bonds. The molecule has 5 heteroatoms. The summed E-state index contributed by atoms with van der Waals surface area (Å²) in [6, 6.07) is 2.06. The van der Waals surface area contributed by atoms with E-state index in [9.17, 15) is 0 Å². The maximum Gasteiger partial charge on any atom is 0.0759 e. The first-order valence-electron chi connectivity index (χ1n) is 6.88. The van der Waals surface area contributed by atoms with Gasteiger partial charge in [-0.2, -0.15) is 10.2 Å². The average molecular weight is 261 g/mol. The predicted molar refractivity (Wildman–Crippen MR) is 77.0 cm³/mol. The molecule has 2 rings (SSSR count). The second-order valence-electron chi connectivity index (χ2n) is 5.21. The fourth-order valence-electron chi connectivity index (χ4n) is 2.15. The molecular formula is C14H23N5. The lowest BCUT2D eigenvalue weighted by molar-refractivity contribution is 0.470. The zero-order valence-corrected chi connectivity index (χ0v) is 12.2. The first-order chi connectivity index (χ1) is 9.11. The van der Waals surface area contributed by atoms with Crippen LogP contribution in [-0.4, -0.2) is 19.6 Å².